The van der Waals surface area contributed by atoms with Gasteiger partial charge in [0.1, 0.15) is 0 Å². The molecule has 2 aromatic rings. The predicted octanol–water partition coefficient (Wildman–Crippen LogP) is 3.56. The van der Waals surface area contributed by atoms with Crippen LogP contribution in [0.15, 0.2) is 30.5 Å². The maximum atomic E-state index is 6.08. The van der Waals surface area contributed by atoms with Gasteiger partial charge in [-0.3, -0.25) is 0 Å². The zero-order valence-corrected chi connectivity index (χ0v) is 9.90. The van der Waals surface area contributed by atoms with E-state index < -0.39 is 0 Å². The van der Waals surface area contributed by atoms with Gasteiger partial charge in [-0.1, -0.05) is 29.8 Å². The van der Waals surface area contributed by atoms with Gasteiger partial charge < -0.3 is 9.55 Å². The molecule has 1 heterocycles. The Labute approximate surface area is 98.5 Å². The van der Waals surface area contributed by atoms with E-state index in [0.29, 0.717) is 6.54 Å². The Morgan fingerprint density at radius 3 is 2.73 bits per heavy atom. The SMILES string of the molecule is Cc1cn(Cc2ccccc2Cl)c(=S)[nH]1. The van der Waals surface area contributed by atoms with E-state index >= 15 is 0 Å². The molecular formula is C11H11ClN2S. The Balaban J connectivity index is 2.34. The highest BCUT2D eigenvalue weighted by atomic mass is 35.5. The molecule has 0 fully saturated rings. The van der Waals surface area contributed by atoms with Gasteiger partial charge in [-0.2, -0.15) is 0 Å². The molecule has 0 aliphatic carbocycles. The van der Waals surface area contributed by atoms with Crippen molar-refractivity contribution in [2.24, 2.45) is 0 Å². The van der Waals surface area contributed by atoms with E-state index in [4.69, 9.17) is 23.8 Å². The fraction of sp³-hybridized carbons (Fsp3) is 0.182. The van der Waals surface area contributed by atoms with Gasteiger partial charge in [-0.15, -0.1) is 0 Å². The normalized spacial score (nSPS) is 10.5. The number of benzene rings is 1. The Bertz CT molecular complexity index is 527. The molecule has 4 heteroatoms. The van der Waals surface area contributed by atoms with Crippen molar-refractivity contribution in [3.05, 3.63) is 51.5 Å². The Morgan fingerprint density at radius 2 is 2.13 bits per heavy atom. The van der Waals surface area contributed by atoms with E-state index in [1.165, 1.54) is 0 Å². The van der Waals surface area contributed by atoms with Crippen molar-refractivity contribution in [2.75, 3.05) is 0 Å². The molecule has 0 spiro atoms. The van der Waals surface area contributed by atoms with Crippen LogP contribution < -0.4 is 0 Å². The number of hydrogen-bond acceptors (Lipinski definition) is 1. The van der Waals surface area contributed by atoms with E-state index in [-0.39, 0.29) is 0 Å². The monoisotopic (exact) mass is 238 g/mol. The lowest BCUT2D eigenvalue weighted by Gasteiger charge is -2.04. The average Bonchev–Trinajstić information content (AvgIpc) is 2.49. The minimum absolute atomic E-state index is 0.711. The predicted molar refractivity (Wildman–Crippen MR) is 64.9 cm³/mol. The molecule has 0 amide bonds. The molecular weight excluding hydrogens is 228 g/mol. The molecule has 0 unspecified atom stereocenters. The maximum Gasteiger partial charge on any atom is 0.177 e. The second-order valence-corrected chi connectivity index (χ2v) is 4.26. The first-order valence-electron chi connectivity index (χ1n) is 4.66. The lowest BCUT2D eigenvalue weighted by Crippen LogP contribution is -1.98. The van der Waals surface area contributed by atoms with Crippen molar-refractivity contribution >= 4 is 23.8 Å². The van der Waals surface area contributed by atoms with Crippen LogP contribution in [0.1, 0.15) is 11.3 Å². The van der Waals surface area contributed by atoms with Crippen molar-refractivity contribution in [2.45, 2.75) is 13.5 Å². The first kappa shape index (κ1) is 10.5. The zero-order chi connectivity index (χ0) is 10.8. The molecule has 1 aromatic carbocycles. The van der Waals surface area contributed by atoms with Crippen LogP contribution in [0, 0.1) is 11.7 Å². The van der Waals surface area contributed by atoms with Crippen LogP contribution in [0.3, 0.4) is 0 Å². The van der Waals surface area contributed by atoms with Crippen molar-refractivity contribution in [3.63, 3.8) is 0 Å². The summed E-state index contributed by atoms with van der Waals surface area (Å²) in [5.41, 5.74) is 2.14. The number of halogens is 1. The molecule has 0 saturated carbocycles. The third-order valence-corrected chi connectivity index (χ3v) is 2.92. The smallest absolute Gasteiger partial charge is 0.177 e. The molecule has 1 aromatic heterocycles. The zero-order valence-electron chi connectivity index (χ0n) is 8.33. The Kier molecular flexibility index (Phi) is 2.93. The molecule has 2 rings (SSSR count). The number of hydrogen-bond donors (Lipinski definition) is 1. The van der Waals surface area contributed by atoms with Crippen molar-refractivity contribution < 1.29 is 0 Å². The van der Waals surface area contributed by atoms with Gasteiger partial charge in [0, 0.05) is 16.9 Å². The Hall–Kier alpha value is -1.06. The highest BCUT2D eigenvalue weighted by molar-refractivity contribution is 7.71. The number of aromatic nitrogens is 2. The van der Waals surface area contributed by atoms with E-state index in [0.717, 1.165) is 21.1 Å². The van der Waals surface area contributed by atoms with E-state index in [1.807, 2.05) is 42.0 Å². The minimum atomic E-state index is 0.711. The topological polar surface area (TPSA) is 20.7 Å². The molecule has 0 radical (unpaired) electrons. The van der Waals surface area contributed by atoms with Crippen molar-refractivity contribution in [1.82, 2.24) is 9.55 Å². The summed E-state index contributed by atoms with van der Waals surface area (Å²) in [7, 11) is 0. The van der Waals surface area contributed by atoms with Gasteiger partial charge in [0.15, 0.2) is 4.77 Å². The molecule has 2 nitrogen and oxygen atoms in total. The number of nitrogens with one attached hydrogen (secondary N) is 1. The van der Waals surface area contributed by atoms with Crippen LogP contribution in [-0.2, 0) is 6.54 Å². The molecule has 0 aliphatic rings. The van der Waals surface area contributed by atoms with Crippen molar-refractivity contribution in [1.29, 1.82) is 0 Å². The third-order valence-electron chi connectivity index (χ3n) is 2.21. The summed E-state index contributed by atoms with van der Waals surface area (Å²) < 4.78 is 2.71. The standard InChI is InChI=1S/C11H11ClN2S/c1-8-6-14(11(15)13-8)7-9-4-2-3-5-10(9)12/h2-6H,7H2,1H3,(H,13,15). The van der Waals surface area contributed by atoms with Gasteiger partial charge in [0.2, 0.25) is 0 Å². The molecule has 0 aliphatic heterocycles. The number of imidazole rings is 1. The number of rotatable bonds is 2. The summed E-state index contributed by atoms with van der Waals surface area (Å²) >= 11 is 11.3. The fourth-order valence-electron chi connectivity index (χ4n) is 1.49. The lowest BCUT2D eigenvalue weighted by atomic mass is 10.2. The highest BCUT2D eigenvalue weighted by Gasteiger charge is 2.01. The maximum absolute atomic E-state index is 6.08. The summed E-state index contributed by atoms with van der Waals surface area (Å²) in [6.07, 6.45) is 1.99. The number of aromatic amines is 1. The average molecular weight is 239 g/mol. The van der Waals surface area contributed by atoms with E-state index in [1.54, 1.807) is 0 Å². The van der Waals surface area contributed by atoms with Gasteiger partial charge in [0.25, 0.3) is 0 Å². The van der Waals surface area contributed by atoms with Crippen LogP contribution in [0.25, 0.3) is 0 Å². The lowest BCUT2D eigenvalue weighted by molar-refractivity contribution is 0.784. The first-order valence-corrected chi connectivity index (χ1v) is 5.45. The van der Waals surface area contributed by atoms with Crippen molar-refractivity contribution in [3.8, 4) is 0 Å². The molecule has 0 atom stereocenters. The largest absolute Gasteiger partial charge is 0.335 e. The third kappa shape index (κ3) is 2.30. The fourth-order valence-corrected chi connectivity index (χ4v) is 1.97. The first-order chi connectivity index (χ1) is 7.16. The minimum Gasteiger partial charge on any atom is -0.335 e. The van der Waals surface area contributed by atoms with E-state index in [2.05, 4.69) is 4.98 Å². The molecule has 0 saturated heterocycles. The summed E-state index contributed by atoms with van der Waals surface area (Å²) in [4.78, 5) is 3.08. The van der Waals surface area contributed by atoms with Crippen LogP contribution in [0.2, 0.25) is 5.02 Å². The Morgan fingerprint density at radius 1 is 1.40 bits per heavy atom. The quantitative estimate of drug-likeness (QED) is 0.794. The van der Waals surface area contributed by atoms with Crippen LogP contribution >= 0.6 is 23.8 Å². The molecule has 78 valence electrons. The number of aryl methyl sites for hydroxylation is 1. The highest BCUT2D eigenvalue weighted by Crippen LogP contribution is 2.16. The van der Waals surface area contributed by atoms with Gasteiger partial charge in [-0.25, -0.2) is 0 Å². The molecule has 1 N–H and O–H groups in total. The van der Waals surface area contributed by atoms with E-state index in [9.17, 15) is 0 Å². The second kappa shape index (κ2) is 4.21. The number of H-pyrrole nitrogens is 1. The van der Waals surface area contributed by atoms with Crippen LogP contribution in [-0.4, -0.2) is 9.55 Å². The summed E-state index contributed by atoms with van der Waals surface area (Å²) in [6.45, 7) is 2.70. The van der Waals surface area contributed by atoms with Gasteiger partial charge >= 0.3 is 0 Å². The summed E-state index contributed by atoms with van der Waals surface area (Å²) in [5, 5.41) is 0.776. The number of nitrogens with zero attached hydrogens (tertiary/aromatic N) is 1. The van der Waals surface area contributed by atoms with Gasteiger partial charge in [-0.05, 0) is 30.8 Å². The van der Waals surface area contributed by atoms with Gasteiger partial charge in [0.05, 0.1) is 6.54 Å². The van der Waals surface area contributed by atoms with Crippen LogP contribution in [0.5, 0.6) is 0 Å². The summed E-state index contributed by atoms with van der Waals surface area (Å²) in [5.74, 6) is 0. The molecule has 15 heavy (non-hydrogen) atoms. The second-order valence-electron chi connectivity index (χ2n) is 3.46. The van der Waals surface area contributed by atoms with Crippen LogP contribution in [0.4, 0.5) is 0 Å². The summed E-state index contributed by atoms with van der Waals surface area (Å²) in [6, 6.07) is 7.80. The molecule has 0 bridgehead atoms.